The largest absolute Gasteiger partial charge is 0.492 e. The van der Waals surface area contributed by atoms with E-state index in [9.17, 15) is 0 Å². The molecule has 0 amide bonds. The van der Waals surface area contributed by atoms with Crippen molar-refractivity contribution in [3.63, 3.8) is 0 Å². The van der Waals surface area contributed by atoms with E-state index in [2.05, 4.69) is 49.0 Å². The Kier molecular flexibility index (Phi) is 5.74. The Morgan fingerprint density at radius 3 is 2.52 bits per heavy atom. The Labute approximate surface area is 182 Å². The van der Waals surface area contributed by atoms with Crippen LogP contribution in [0, 0.1) is 6.92 Å². The van der Waals surface area contributed by atoms with E-state index in [1.54, 1.807) is 12.4 Å². The number of rotatable bonds is 6. The molecule has 0 spiro atoms. The molecule has 1 fully saturated rings. The van der Waals surface area contributed by atoms with Gasteiger partial charge < -0.3 is 4.74 Å². The summed E-state index contributed by atoms with van der Waals surface area (Å²) in [4.78, 5) is 18.4. The summed E-state index contributed by atoms with van der Waals surface area (Å²) in [5.41, 5.74) is 5.23. The first kappa shape index (κ1) is 19.8. The summed E-state index contributed by atoms with van der Waals surface area (Å²) in [6, 6.07) is 16.6. The van der Waals surface area contributed by atoms with Gasteiger partial charge in [-0.15, -0.1) is 0 Å². The van der Waals surface area contributed by atoms with E-state index in [4.69, 9.17) is 4.74 Å². The van der Waals surface area contributed by atoms with E-state index < -0.39 is 0 Å². The van der Waals surface area contributed by atoms with Crippen LogP contribution in [0.5, 0.6) is 5.75 Å². The molecule has 158 valence electrons. The summed E-state index contributed by atoms with van der Waals surface area (Å²) in [5.74, 6) is 0.919. The predicted molar refractivity (Wildman–Crippen MR) is 123 cm³/mol. The van der Waals surface area contributed by atoms with Gasteiger partial charge in [-0.1, -0.05) is 12.1 Å². The fraction of sp³-hybridized carbons (Fsp3) is 0.320. The maximum absolute atomic E-state index is 6.12. The fourth-order valence-electron chi connectivity index (χ4n) is 4.18. The number of nitrogens with zero attached hydrogens (tertiary/aromatic N) is 5. The lowest BCUT2D eigenvalue weighted by atomic mass is 10.1. The van der Waals surface area contributed by atoms with Crippen LogP contribution in [-0.4, -0.2) is 64.1 Å². The molecule has 0 radical (unpaired) electrons. The Bertz CT molecular complexity index is 1190. The van der Waals surface area contributed by atoms with Gasteiger partial charge in [-0.25, -0.2) is 0 Å². The Morgan fingerprint density at radius 2 is 1.65 bits per heavy atom. The van der Waals surface area contributed by atoms with Crippen molar-refractivity contribution >= 4 is 21.9 Å². The highest BCUT2D eigenvalue weighted by atomic mass is 16.5. The minimum atomic E-state index is 0.691. The lowest BCUT2D eigenvalue weighted by molar-refractivity contribution is 0.113. The monoisotopic (exact) mass is 413 g/mol. The van der Waals surface area contributed by atoms with Gasteiger partial charge in [-0.05, 0) is 48.9 Å². The quantitative estimate of drug-likeness (QED) is 0.481. The molecule has 1 aliphatic rings. The van der Waals surface area contributed by atoms with Gasteiger partial charge >= 0.3 is 0 Å². The van der Waals surface area contributed by atoms with Crippen LogP contribution in [0.3, 0.4) is 0 Å². The van der Waals surface area contributed by atoms with Crippen LogP contribution in [0.4, 0.5) is 0 Å². The molecule has 1 saturated heterocycles. The molecule has 0 bridgehead atoms. The number of aryl methyl sites for hydroxylation is 1. The molecule has 2 aromatic heterocycles. The SMILES string of the molecule is Cc1ccc2c(OCCN3CCN(Cc4ccc5nccnc5c4)CC3)cccc2n1. The zero-order valence-electron chi connectivity index (χ0n) is 17.9. The predicted octanol–water partition coefficient (Wildman–Crippen LogP) is 3.68. The lowest BCUT2D eigenvalue weighted by Crippen LogP contribution is -2.47. The fourth-order valence-corrected chi connectivity index (χ4v) is 4.18. The molecule has 1 aliphatic heterocycles. The van der Waals surface area contributed by atoms with Crippen molar-refractivity contribution in [2.75, 3.05) is 39.3 Å². The summed E-state index contributed by atoms with van der Waals surface area (Å²) in [6.07, 6.45) is 3.49. The molecule has 6 heteroatoms. The second-order valence-electron chi connectivity index (χ2n) is 8.12. The molecule has 5 rings (SSSR count). The Balaban J connectivity index is 1.11. The standard InChI is InChI=1S/C25H27N5O/c1-19-5-7-21-22(28-19)3-2-4-25(21)31-16-15-29-11-13-30(14-12-29)18-20-6-8-23-24(17-20)27-10-9-26-23/h2-10,17H,11-16,18H2,1H3. The van der Waals surface area contributed by atoms with Crippen molar-refractivity contribution in [1.82, 2.24) is 24.8 Å². The van der Waals surface area contributed by atoms with Crippen molar-refractivity contribution in [2.24, 2.45) is 0 Å². The summed E-state index contributed by atoms with van der Waals surface area (Å²) in [6.45, 7) is 8.86. The van der Waals surface area contributed by atoms with E-state index in [0.29, 0.717) is 6.61 Å². The smallest absolute Gasteiger partial charge is 0.128 e. The molecule has 0 saturated carbocycles. The highest BCUT2D eigenvalue weighted by molar-refractivity contribution is 5.85. The van der Waals surface area contributed by atoms with Crippen LogP contribution < -0.4 is 4.74 Å². The number of benzene rings is 2. The van der Waals surface area contributed by atoms with Gasteiger partial charge in [-0.2, -0.15) is 0 Å². The van der Waals surface area contributed by atoms with Gasteiger partial charge in [0.2, 0.25) is 0 Å². The van der Waals surface area contributed by atoms with Crippen LogP contribution in [-0.2, 0) is 6.54 Å². The van der Waals surface area contributed by atoms with Crippen LogP contribution >= 0.6 is 0 Å². The second-order valence-corrected chi connectivity index (χ2v) is 8.12. The second kappa shape index (κ2) is 8.96. The minimum Gasteiger partial charge on any atom is -0.492 e. The van der Waals surface area contributed by atoms with Gasteiger partial charge in [0.15, 0.2) is 0 Å². The maximum atomic E-state index is 6.12. The Hall–Kier alpha value is -3.09. The van der Waals surface area contributed by atoms with Gasteiger partial charge in [0.25, 0.3) is 0 Å². The number of hydrogen-bond donors (Lipinski definition) is 0. The number of pyridine rings is 1. The average Bonchev–Trinajstić information content (AvgIpc) is 2.80. The number of fused-ring (bicyclic) bond motifs is 2. The first-order valence-corrected chi connectivity index (χ1v) is 10.9. The van der Waals surface area contributed by atoms with Crippen molar-refractivity contribution in [3.8, 4) is 5.75 Å². The zero-order valence-corrected chi connectivity index (χ0v) is 17.9. The van der Waals surface area contributed by atoms with Crippen molar-refractivity contribution in [3.05, 3.63) is 72.2 Å². The number of aromatic nitrogens is 3. The van der Waals surface area contributed by atoms with Crippen LogP contribution in [0.2, 0.25) is 0 Å². The van der Waals surface area contributed by atoms with Crippen molar-refractivity contribution in [1.29, 1.82) is 0 Å². The third-order valence-corrected chi connectivity index (χ3v) is 5.90. The molecule has 0 N–H and O–H groups in total. The first-order valence-electron chi connectivity index (χ1n) is 10.9. The molecule has 31 heavy (non-hydrogen) atoms. The number of piperazine rings is 1. The normalized spacial score (nSPS) is 15.5. The van der Waals surface area contributed by atoms with Gasteiger partial charge in [0, 0.05) is 62.7 Å². The maximum Gasteiger partial charge on any atom is 0.128 e. The summed E-state index contributed by atoms with van der Waals surface area (Å²) in [5, 5.41) is 1.08. The number of hydrogen-bond acceptors (Lipinski definition) is 6. The molecule has 4 aromatic rings. The van der Waals surface area contributed by atoms with Gasteiger partial charge in [-0.3, -0.25) is 24.8 Å². The molecule has 2 aromatic carbocycles. The minimum absolute atomic E-state index is 0.691. The molecule has 0 aliphatic carbocycles. The van der Waals surface area contributed by atoms with Gasteiger partial charge in [0.1, 0.15) is 12.4 Å². The van der Waals surface area contributed by atoms with E-state index >= 15 is 0 Å². The van der Waals surface area contributed by atoms with Gasteiger partial charge in [0.05, 0.1) is 16.6 Å². The van der Waals surface area contributed by atoms with Crippen LogP contribution in [0.25, 0.3) is 21.9 Å². The van der Waals surface area contributed by atoms with Crippen molar-refractivity contribution in [2.45, 2.75) is 13.5 Å². The van der Waals surface area contributed by atoms with Crippen molar-refractivity contribution < 1.29 is 4.74 Å². The van der Waals surface area contributed by atoms with E-state index in [1.807, 2.05) is 31.2 Å². The zero-order chi connectivity index (χ0) is 21.0. The summed E-state index contributed by atoms with van der Waals surface area (Å²) in [7, 11) is 0. The molecule has 6 nitrogen and oxygen atoms in total. The van der Waals surface area contributed by atoms with E-state index in [0.717, 1.165) is 72.6 Å². The highest BCUT2D eigenvalue weighted by Gasteiger charge is 2.17. The summed E-state index contributed by atoms with van der Waals surface area (Å²) < 4.78 is 6.12. The third kappa shape index (κ3) is 4.65. The van der Waals surface area contributed by atoms with E-state index in [-0.39, 0.29) is 0 Å². The third-order valence-electron chi connectivity index (χ3n) is 5.90. The highest BCUT2D eigenvalue weighted by Crippen LogP contribution is 2.24. The average molecular weight is 414 g/mol. The molecular formula is C25H27N5O. The van der Waals surface area contributed by atoms with E-state index in [1.165, 1.54) is 5.56 Å². The summed E-state index contributed by atoms with van der Waals surface area (Å²) >= 11 is 0. The molecular weight excluding hydrogens is 386 g/mol. The van der Waals surface area contributed by atoms with Crippen LogP contribution in [0.15, 0.2) is 60.9 Å². The lowest BCUT2D eigenvalue weighted by Gasteiger charge is -2.34. The molecule has 3 heterocycles. The molecule has 0 unspecified atom stereocenters. The van der Waals surface area contributed by atoms with Crippen LogP contribution in [0.1, 0.15) is 11.3 Å². The Morgan fingerprint density at radius 1 is 0.839 bits per heavy atom. The molecule has 0 atom stereocenters. The topological polar surface area (TPSA) is 54.4 Å². The number of ether oxygens (including phenoxy) is 1. The first-order chi connectivity index (χ1) is 15.2.